The van der Waals surface area contributed by atoms with Crippen LogP contribution in [0.4, 0.5) is 18.9 Å². The van der Waals surface area contributed by atoms with Crippen LogP contribution in [0.2, 0.25) is 0 Å². The molecule has 0 aliphatic rings. The van der Waals surface area contributed by atoms with Crippen molar-refractivity contribution in [3.8, 4) is 0 Å². The molecule has 3 rings (SSSR count). The van der Waals surface area contributed by atoms with E-state index in [9.17, 15) is 18.0 Å². The Morgan fingerprint density at radius 2 is 1.64 bits per heavy atom. The summed E-state index contributed by atoms with van der Waals surface area (Å²) >= 11 is 0. The van der Waals surface area contributed by atoms with E-state index in [1.165, 1.54) is 17.3 Å². The molecule has 2 heterocycles. The zero-order valence-corrected chi connectivity index (χ0v) is 12.9. The molecule has 0 aliphatic heterocycles. The Bertz CT molecular complexity index is 889. The van der Waals surface area contributed by atoms with Crippen LogP contribution in [0.25, 0.3) is 0 Å². The van der Waals surface area contributed by atoms with E-state index in [0.29, 0.717) is 23.5 Å². The number of hydrogen-bond donors (Lipinski definition) is 0. The van der Waals surface area contributed by atoms with Gasteiger partial charge in [-0.05, 0) is 30.3 Å². The van der Waals surface area contributed by atoms with Gasteiger partial charge in [0.25, 0.3) is 5.91 Å². The number of pyridine rings is 2. The Kier molecular flexibility index (Phi) is 4.74. The van der Waals surface area contributed by atoms with Crippen LogP contribution >= 0.6 is 0 Å². The Morgan fingerprint density at radius 3 is 2.32 bits per heavy atom. The molecular weight excluding hydrogens is 331 g/mol. The van der Waals surface area contributed by atoms with Gasteiger partial charge in [-0.15, -0.1) is 0 Å². The van der Waals surface area contributed by atoms with Crippen molar-refractivity contribution >= 4 is 11.6 Å². The SMILES string of the molecule is O=C(c1cc(F)c(F)cc1F)N(Cc1ccccn1)c1ccncc1. The molecule has 4 nitrogen and oxygen atoms in total. The summed E-state index contributed by atoms with van der Waals surface area (Å²) in [5, 5.41) is 0. The summed E-state index contributed by atoms with van der Waals surface area (Å²) < 4.78 is 40.6. The Labute approximate surface area is 141 Å². The zero-order chi connectivity index (χ0) is 17.8. The van der Waals surface area contributed by atoms with Gasteiger partial charge in [-0.25, -0.2) is 13.2 Å². The van der Waals surface area contributed by atoms with Gasteiger partial charge in [0.05, 0.1) is 17.8 Å². The highest BCUT2D eigenvalue weighted by molar-refractivity contribution is 6.06. The molecular formula is C18H12F3N3O. The Hall–Kier alpha value is -3.22. The first-order chi connectivity index (χ1) is 12.1. The van der Waals surface area contributed by atoms with E-state index in [4.69, 9.17) is 0 Å². The predicted octanol–water partition coefficient (Wildman–Crippen LogP) is 3.74. The number of amides is 1. The van der Waals surface area contributed by atoms with Gasteiger partial charge in [-0.2, -0.15) is 0 Å². The van der Waals surface area contributed by atoms with Crippen molar-refractivity contribution in [1.29, 1.82) is 0 Å². The molecule has 7 heteroatoms. The molecule has 2 aromatic heterocycles. The molecule has 0 radical (unpaired) electrons. The van der Waals surface area contributed by atoms with Gasteiger partial charge in [-0.1, -0.05) is 6.07 Å². The summed E-state index contributed by atoms with van der Waals surface area (Å²) in [6, 6.07) is 9.18. The molecule has 3 aromatic rings. The molecule has 25 heavy (non-hydrogen) atoms. The molecule has 126 valence electrons. The van der Waals surface area contributed by atoms with E-state index in [2.05, 4.69) is 9.97 Å². The van der Waals surface area contributed by atoms with Crippen molar-refractivity contribution in [3.05, 3.63) is 89.8 Å². The fourth-order valence-corrected chi connectivity index (χ4v) is 2.29. The van der Waals surface area contributed by atoms with Gasteiger partial charge in [-0.3, -0.25) is 14.8 Å². The van der Waals surface area contributed by atoms with Gasteiger partial charge in [0.2, 0.25) is 0 Å². The maximum Gasteiger partial charge on any atom is 0.261 e. The first kappa shape index (κ1) is 16.6. The molecule has 0 saturated carbocycles. The van der Waals surface area contributed by atoms with Crippen molar-refractivity contribution < 1.29 is 18.0 Å². The molecule has 1 amide bonds. The van der Waals surface area contributed by atoms with Crippen LogP contribution < -0.4 is 4.90 Å². The molecule has 0 spiro atoms. The van der Waals surface area contributed by atoms with Crippen molar-refractivity contribution in [2.75, 3.05) is 4.90 Å². The largest absolute Gasteiger partial charge is 0.302 e. The fourth-order valence-electron chi connectivity index (χ4n) is 2.29. The van der Waals surface area contributed by atoms with Crippen LogP contribution in [-0.4, -0.2) is 15.9 Å². The monoisotopic (exact) mass is 343 g/mol. The van der Waals surface area contributed by atoms with Crippen LogP contribution in [0, 0.1) is 17.5 Å². The van der Waals surface area contributed by atoms with E-state index in [-0.39, 0.29) is 6.54 Å². The van der Waals surface area contributed by atoms with E-state index >= 15 is 0 Å². The predicted molar refractivity (Wildman–Crippen MR) is 85.3 cm³/mol. The minimum absolute atomic E-state index is 0.0299. The third-order valence-electron chi connectivity index (χ3n) is 3.51. The van der Waals surface area contributed by atoms with E-state index in [1.807, 2.05) is 0 Å². The number of carbonyl (C=O) groups is 1. The number of rotatable bonds is 4. The van der Waals surface area contributed by atoms with Gasteiger partial charge in [0.1, 0.15) is 5.82 Å². The summed E-state index contributed by atoms with van der Waals surface area (Å²) in [6.07, 6.45) is 4.49. The maximum atomic E-state index is 14.0. The summed E-state index contributed by atoms with van der Waals surface area (Å²) in [6.45, 7) is 0.0299. The van der Waals surface area contributed by atoms with Crippen LogP contribution in [0.1, 0.15) is 16.1 Å². The number of anilines is 1. The standard InChI is InChI=1S/C18H12F3N3O/c19-15-10-17(21)16(20)9-14(15)18(25)24(13-4-7-22-8-5-13)11-12-3-1-2-6-23-12/h1-10H,11H2. The number of halogens is 3. The van der Waals surface area contributed by atoms with Crippen molar-refractivity contribution in [2.45, 2.75) is 6.54 Å². The molecule has 0 N–H and O–H groups in total. The lowest BCUT2D eigenvalue weighted by Gasteiger charge is -2.22. The average molecular weight is 343 g/mol. The molecule has 1 aromatic carbocycles. The van der Waals surface area contributed by atoms with Crippen molar-refractivity contribution in [1.82, 2.24) is 9.97 Å². The number of benzene rings is 1. The summed E-state index contributed by atoms with van der Waals surface area (Å²) in [4.78, 5) is 22.0. The maximum absolute atomic E-state index is 14.0. The summed E-state index contributed by atoms with van der Waals surface area (Å²) in [7, 11) is 0. The highest BCUT2D eigenvalue weighted by Crippen LogP contribution is 2.22. The lowest BCUT2D eigenvalue weighted by Crippen LogP contribution is -2.31. The highest BCUT2D eigenvalue weighted by atomic mass is 19.2. The first-order valence-corrected chi connectivity index (χ1v) is 7.32. The van der Waals surface area contributed by atoms with Crippen LogP contribution in [0.3, 0.4) is 0 Å². The number of aromatic nitrogens is 2. The molecule has 0 unspecified atom stereocenters. The summed E-state index contributed by atoms with van der Waals surface area (Å²) in [5.41, 5.74) is 0.414. The lowest BCUT2D eigenvalue weighted by atomic mass is 10.1. The average Bonchev–Trinajstić information content (AvgIpc) is 2.64. The quantitative estimate of drug-likeness (QED) is 0.678. The first-order valence-electron chi connectivity index (χ1n) is 7.32. The smallest absolute Gasteiger partial charge is 0.261 e. The lowest BCUT2D eigenvalue weighted by molar-refractivity contribution is 0.0980. The third-order valence-corrected chi connectivity index (χ3v) is 3.51. The second kappa shape index (κ2) is 7.12. The van der Waals surface area contributed by atoms with Gasteiger partial charge < -0.3 is 4.90 Å². The molecule has 0 saturated heterocycles. The Balaban J connectivity index is 2.02. The second-order valence-electron chi connectivity index (χ2n) is 5.16. The zero-order valence-electron chi connectivity index (χ0n) is 12.9. The minimum atomic E-state index is -1.35. The van der Waals surface area contributed by atoms with Gasteiger partial charge in [0, 0.05) is 30.3 Å². The topological polar surface area (TPSA) is 46.1 Å². The van der Waals surface area contributed by atoms with Crippen LogP contribution in [0.15, 0.2) is 61.1 Å². The number of hydrogen-bond acceptors (Lipinski definition) is 3. The van der Waals surface area contributed by atoms with Crippen molar-refractivity contribution in [3.63, 3.8) is 0 Å². The van der Waals surface area contributed by atoms with Gasteiger partial charge in [0.15, 0.2) is 11.6 Å². The van der Waals surface area contributed by atoms with E-state index < -0.39 is 28.9 Å². The fraction of sp³-hybridized carbons (Fsp3) is 0.0556. The second-order valence-corrected chi connectivity index (χ2v) is 5.16. The molecule has 0 atom stereocenters. The minimum Gasteiger partial charge on any atom is -0.302 e. The third kappa shape index (κ3) is 3.65. The summed E-state index contributed by atoms with van der Waals surface area (Å²) in [5.74, 6) is -4.59. The molecule has 0 bridgehead atoms. The normalized spacial score (nSPS) is 10.5. The van der Waals surface area contributed by atoms with Crippen molar-refractivity contribution in [2.24, 2.45) is 0 Å². The highest BCUT2D eigenvalue weighted by Gasteiger charge is 2.23. The number of carbonyl (C=O) groups excluding carboxylic acids is 1. The van der Waals surface area contributed by atoms with Crippen LogP contribution in [0.5, 0.6) is 0 Å². The molecule has 0 fully saturated rings. The molecule has 0 aliphatic carbocycles. The van der Waals surface area contributed by atoms with Gasteiger partial charge >= 0.3 is 0 Å². The van der Waals surface area contributed by atoms with Crippen LogP contribution in [-0.2, 0) is 6.54 Å². The number of nitrogens with zero attached hydrogens (tertiary/aromatic N) is 3. The Morgan fingerprint density at radius 1 is 0.920 bits per heavy atom. The van der Waals surface area contributed by atoms with E-state index in [1.54, 1.807) is 36.5 Å². The van der Waals surface area contributed by atoms with E-state index in [0.717, 1.165) is 0 Å².